The van der Waals surface area contributed by atoms with Gasteiger partial charge in [-0.15, -0.1) is 0 Å². The molecule has 0 fully saturated rings. The van der Waals surface area contributed by atoms with Crippen molar-refractivity contribution in [1.29, 1.82) is 0 Å². The monoisotopic (exact) mass is 356 g/mol. The highest BCUT2D eigenvalue weighted by Gasteiger charge is 2.15. The average Bonchev–Trinajstić information content (AvgIpc) is 2.81. The zero-order chi connectivity index (χ0) is 13.1. The molecule has 0 bridgehead atoms. The van der Waals surface area contributed by atoms with Crippen LogP contribution in [0, 0.1) is 3.57 Å². The van der Waals surface area contributed by atoms with Crippen LogP contribution < -0.4 is 0 Å². The van der Waals surface area contributed by atoms with E-state index in [4.69, 9.17) is 0 Å². The number of aliphatic hydroxyl groups is 1. The quantitative estimate of drug-likeness (QED) is 0.854. The van der Waals surface area contributed by atoms with E-state index < -0.39 is 6.10 Å². The average molecular weight is 356 g/mol. The molecule has 2 rings (SSSR count). The SMILES string of the molecule is CC(C)n1cncc1C(O)Cc1ccc(I)cc1. The minimum atomic E-state index is -0.505. The van der Waals surface area contributed by atoms with Crippen molar-refractivity contribution in [3.05, 3.63) is 51.6 Å². The van der Waals surface area contributed by atoms with Gasteiger partial charge in [-0.1, -0.05) is 12.1 Å². The standard InChI is InChI=1S/C14H17IN2O/c1-10(2)17-9-16-8-13(17)14(18)7-11-3-5-12(15)6-4-11/h3-6,8-10,14,18H,7H2,1-2H3. The van der Waals surface area contributed by atoms with E-state index >= 15 is 0 Å². The number of imidazole rings is 1. The largest absolute Gasteiger partial charge is 0.386 e. The van der Waals surface area contributed by atoms with Crippen molar-refractivity contribution in [1.82, 2.24) is 9.55 Å². The van der Waals surface area contributed by atoms with Crippen LogP contribution in [0.5, 0.6) is 0 Å². The second kappa shape index (κ2) is 5.84. The minimum absolute atomic E-state index is 0.314. The molecule has 4 heteroatoms. The molecule has 1 N–H and O–H groups in total. The van der Waals surface area contributed by atoms with Gasteiger partial charge in [-0.3, -0.25) is 0 Å². The van der Waals surface area contributed by atoms with Crippen molar-refractivity contribution in [3.8, 4) is 0 Å². The van der Waals surface area contributed by atoms with Crippen LogP contribution in [-0.2, 0) is 6.42 Å². The van der Waals surface area contributed by atoms with Crippen LogP contribution in [0.25, 0.3) is 0 Å². The summed E-state index contributed by atoms with van der Waals surface area (Å²) in [6.07, 6.45) is 3.64. The summed E-state index contributed by atoms with van der Waals surface area (Å²) in [6, 6.07) is 8.54. The lowest BCUT2D eigenvalue weighted by molar-refractivity contribution is 0.167. The third kappa shape index (κ3) is 3.11. The summed E-state index contributed by atoms with van der Waals surface area (Å²) in [5, 5.41) is 10.3. The predicted octanol–water partition coefficient (Wildman–Crippen LogP) is 3.34. The molecule has 0 aliphatic heterocycles. The number of benzene rings is 1. The summed E-state index contributed by atoms with van der Waals surface area (Å²) >= 11 is 2.28. The number of rotatable bonds is 4. The Morgan fingerprint density at radius 3 is 2.56 bits per heavy atom. The van der Waals surface area contributed by atoms with Gasteiger partial charge in [0.2, 0.25) is 0 Å². The highest BCUT2D eigenvalue weighted by atomic mass is 127. The molecular formula is C14H17IN2O. The third-order valence-electron chi connectivity index (χ3n) is 2.94. The molecular weight excluding hydrogens is 339 g/mol. The maximum Gasteiger partial charge on any atom is 0.0996 e. The summed E-state index contributed by atoms with van der Waals surface area (Å²) in [5.41, 5.74) is 2.02. The molecule has 0 saturated carbocycles. The van der Waals surface area contributed by atoms with E-state index in [9.17, 15) is 5.11 Å². The van der Waals surface area contributed by atoms with Crippen LogP contribution in [0.1, 0.15) is 37.3 Å². The highest BCUT2D eigenvalue weighted by Crippen LogP contribution is 2.21. The summed E-state index contributed by atoms with van der Waals surface area (Å²) in [7, 11) is 0. The molecule has 18 heavy (non-hydrogen) atoms. The Kier molecular flexibility index (Phi) is 4.40. The molecule has 1 heterocycles. The topological polar surface area (TPSA) is 38.0 Å². The normalized spacial score (nSPS) is 12.9. The molecule has 1 unspecified atom stereocenters. The van der Waals surface area contributed by atoms with E-state index in [1.165, 1.54) is 3.57 Å². The van der Waals surface area contributed by atoms with Crippen LogP contribution in [0.15, 0.2) is 36.8 Å². The van der Waals surface area contributed by atoms with Crippen molar-refractivity contribution in [2.45, 2.75) is 32.4 Å². The number of halogens is 1. The fourth-order valence-corrected chi connectivity index (χ4v) is 2.31. The molecule has 3 nitrogen and oxygen atoms in total. The number of hydrogen-bond acceptors (Lipinski definition) is 2. The first-order valence-electron chi connectivity index (χ1n) is 6.02. The van der Waals surface area contributed by atoms with Gasteiger partial charge in [-0.2, -0.15) is 0 Å². The predicted molar refractivity (Wildman–Crippen MR) is 80.4 cm³/mol. The Labute approximate surface area is 121 Å². The van der Waals surface area contributed by atoms with Crippen molar-refractivity contribution in [2.75, 3.05) is 0 Å². The first-order chi connectivity index (χ1) is 8.58. The number of hydrogen-bond donors (Lipinski definition) is 1. The van der Waals surface area contributed by atoms with Gasteiger partial charge in [0.1, 0.15) is 0 Å². The summed E-state index contributed by atoms with van der Waals surface area (Å²) in [6.45, 7) is 4.17. The lowest BCUT2D eigenvalue weighted by Crippen LogP contribution is -2.10. The second-order valence-electron chi connectivity index (χ2n) is 4.67. The van der Waals surface area contributed by atoms with Gasteiger partial charge in [0.05, 0.1) is 24.3 Å². The first kappa shape index (κ1) is 13.5. The van der Waals surface area contributed by atoms with E-state index in [-0.39, 0.29) is 0 Å². The summed E-state index contributed by atoms with van der Waals surface area (Å²) in [4.78, 5) is 4.12. The van der Waals surface area contributed by atoms with Gasteiger partial charge in [0, 0.05) is 16.0 Å². The Bertz CT molecular complexity index is 505. The van der Waals surface area contributed by atoms with E-state index in [1.807, 2.05) is 4.57 Å². The third-order valence-corrected chi connectivity index (χ3v) is 3.66. The Morgan fingerprint density at radius 2 is 1.94 bits per heavy atom. The number of aromatic nitrogens is 2. The maximum atomic E-state index is 10.3. The maximum absolute atomic E-state index is 10.3. The Balaban J connectivity index is 2.14. The fraction of sp³-hybridized carbons (Fsp3) is 0.357. The molecule has 2 aromatic rings. The van der Waals surface area contributed by atoms with Gasteiger partial charge >= 0.3 is 0 Å². The van der Waals surface area contributed by atoms with Gasteiger partial charge in [-0.05, 0) is 54.1 Å². The zero-order valence-electron chi connectivity index (χ0n) is 10.5. The molecule has 0 amide bonds. The molecule has 96 valence electrons. The molecule has 0 saturated heterocycles. The summed E-state index contributed by atoms with van der Waals surface area (Å²) < 4.78 is 3.22. The Morgan fingerprint density at radius 1 is 1.28 bits per heavy atom. The van der Waals surface area contributed by atoms with Crippen molar-refractivity contribution >= 4 is 22.6 Å². The molecule has 1 atom stereocenters. The number of nitrogens with zero attached hydrogens (tertiary/aromatic N) is 2. The van der Waals surface area contributed by atoms with Crippen LogP contribution in [-0.4, -0.2) is 14.7 Å². The van der Waals surface area contributed by atoms with Gasteiger partial charge in [-0.25, -0.2) is 4.98 Å². The highest BCUT2D eigenvalue weighted by molar-refractivity contribution is 14.1. The van der Waals surface area contributed by atoms with Crippen LogP contribution >= 0.6 is 22.6 Å². The van der Waals surface area contributed by atoms with Crippen LogP contribution in [0.3, 0.4) is 0 Å². The zero-order valence-corrected chi connectivity index (χ0v) is 12.7. The van der Waals surface area contributed by atoms with Crippen LogP contribution in [0.4, 0.5) is 0 Å². The lowest BCUT2D eigenvalue weighted by Gasteiger charge is -2.16. The molecule has 1 aromatic carbocycles. The van der Waals surface area contributed by atoms with E-state index in [0.717, 1.165) is 11.3 Å². The van der Waals surface area contributed by atoms with E-state index in [1.54, 1.807) is 12.5 Å². The van der Waals surface area contributed by atoms with E-state index in [2.05, 4.69) is 65.7 Å². The molecule has 0 radical (unpaired) electrons. The minimum Gasteiger partial charge on any atom is -0.386 e. The van der Waals surface area contributed by atoms with E-state index in [0.29, 0.717) is 12.5 Å². The first-order valence-corrected chi connectivity index (χ1v) is 7.10. The molecule has 0 aliphatic rings. The molecule has 0 aliphatic carbocycles. The van der Waals surface area contributed by atoms with Gasteiger partial charge in [0.15, 0.2) is 0 Å². The Hall–Kier alpha value is -0.880. The van der Waals surface area contributed by atoms with Gasteiger partial charge < -0.3 is 9.67 Å². The number of aliphatic hydroxyl groups excluding tert-OH is 1. The second-order valence-corrected chi connectivity index (χ2v) is 5.91. The van der Waals surface area contributed by atoms with Crippen molar-refractivity contribution < 1.29 is 5.11 Å². The molecule has 0 spiro atoms. The fourth-order valence-electron chi connectivity index (χ4n) is 1.95. The smallest absolute Gasteiger partial charge is 0.0996 e. The van der Waals surface area contributed by atoms with Gasteiger partial charge in [0.25, 0.3) is 0 Å². The molecule has 1 aromatic heterocycles. The van der Waals surface area contributed by atoms with Crippen molar-refractivity contribution in [3.63, 3.8) is 0 Å². The lowest BCUT2D eigenvalue weighted by atomic mass is 10.1. The summed E-state index contributed by atoms with van der Waals surface area (Å²) in [5.74, 6) is 0. The van der Waals surface area contributed by atoms with Crippen LogP contribution in [0.2, 0.25) is 0 Å². The van der Waals surface area contributed by atoms with Crippen molar-refractivity contribution in [2.24, 2.45) is 0 Å².